The zero-order valence-electron chi connectivity index (χ0n) is 10.1. The van der Waals surface area contributed by atoms with Crippen molar-refractivity contribution < 1.29 is 17.9 Å². The summed E-state index contributed by atoms with van der Waals surface area (Å²) in [6.45, 7) is -2.33. The fourth-order valence-electron chi connectivity index (χ4n) is 1.53. The van der Waals surface area contributed by atoms with Gasteiger partial charge in [-0.3, -0.25) is 0 Å². The van der Waals surface area contributed by atoms with Gasteiger partial charge in [-0.1, -0.05) is 6.07 Å². The van der Waals surface area contributed by atoms with Crippen LogP contribution in [-0.4, -0.2) is 23.4 Å². The van der Waals surface area contributed by atoms with Crippen molar-refractivity contribution in [2.45, 2.75) is 19.5 Å². The van der Waals surface area contributed by atoms with E-state index in [2.05, 4.69) is 14.9 Å². The maximum atomic E-state index is 12.1. The topological polar surface area (TPSA) is 74.2 Å². The number of benzene rings is 1. The van der Waals surface area contributed by atoms with Crippen molar-refractivity contribution in [1.82, 2.24) is 10.2 Å². The van der Waals surface area contributed by atoms with Gasteiger partial charge in [-0.2, -0.15) is 8.78 Å². The lowest BCUT2D eigenvalue weighted by molar-refractivity contribution is -0.0498. The summed E-state index contributed by atoms with van der Waals surface area (Å²) >= 11 is 0. The van der Waals surface area contributed by atoms with Crippen molar-refractivity contribution in [2.24, 2.45) is 5.73 Å². The van der Waals surface area contributed by atoms with Gasteiger partial charge < -0.3 is 14.9 Å². The molecule has 0 aliphatic heterocycles. The monoisotopic (exact) mass is 269 g/mol. The Hall–Kier alpha value is -2.02. The summed E-state index contributed by atoms with van der Waals surface area (Å²) in [6.07, 6.45) is 1.34. The first-order chi connectivity index (χ1) is 9.19. The van der Waals surface area contributed by atoms with Gasteiger partial charge in [0.1, 0.15) is 5.75 Å². The molecule has 2 rings (SSSR count). The van der Waals surface area contributed by atoms with Crippen LogP contribution in [0.3, 0.4) is 0 Å². The number of aromatic nitrogens is 2. The fraction of sp³-hybridized carbons (Fsp3) is 0.333. The van der Waals surface area contributed by atoms with Crippen LogP contribution < -0.4 is 10.5 Å². The molecule has 1 aromatic carbocycles. The molecule has 2 N–H and O–H groups in total. The van der Waals surface area contributed by atoms with Crippen molar-refractivity contribution in [2.75, 3.05) is 6.54 Å². The van der Waals surface area contributed by atoms with Gasteiger partial charge in [-0.05, 0) is 31.2 Å². The molecular weight excluding hydrogens is 256 g/mol. The molecule has 0 saturated heterocycles. The van der Waals surface area contributed by atoms with Gasteiger partial charge in [0.05, 0.1) is 0 Å². The highest BCUT2D eigenvalue weighted by Crippen LogP contribution is 2.24. The standard InChI is InChI=1S/C12H13F2N3O2/c13-12(14)18-9-4-1-3-8(7-9)11-17-16-10(19-11)5-2-6-15/h1,3-4,7,12H,2,5-6,15H2. The van der Waals surface area contributed by atoms with E-state index >= 15 is 0 Å². The van der Waals surface area contributed by atoms with E-state index in [-0.39, 0.29) is 11.6 Å². The van der Waals surface area contributed by atoms with Crippen LogP contribution in [0.15, 0.2) is 28.7 Å². The van der Waals surface area contributed by atoms with Crippen LogP contribution in [0.1, 0.15) is 12.3 Å². The molecule has 0 radical (unpaired) electrons. The number of ether oxygens (including phenoxy) is 1. The Morgan fingerprint density at radius 3 is 2.89 bits per heavy atom. The first-order valence-electron chi connectivity index (χ1n) is 5.76. The summed E-state index contributed by atoms with van der Waals surface area (Å²) in [5.41, 5.74) is 5.92. The summed E-state index contributed by atoms with van der Waals surface area (Å²) in [6, 6.07) is 6.11. The maximum Gasteiger partial charge on any atom is 0.387 e. The molecule has 102 valence electrons. The SMILES string of the molecule is NCCCc1nnc(-c2cccc(OC(F)F)c2)o1. The normalized spacial score (nSPS) is 10.9. The molecule has 0 spiro atoms. The number of hydrogen-bond donors (Lipinski definition) is 1. The zero-order valence-corrected chi connectivity index (χ0v) is 10.1. The molecule has 0 saturated carbocycles. The molecule has 0 fully saturated rings. The van der Waals surface area contributed by atoms with Crippen LogP contribution in [0.5, 0.6) is 5.75 Å². The summed E-state index contributed by atoms with van der Waals surface area (Å²) < 4.78 is 33.9. The number of aryl methyl sites for hydroxylation is 1. The van der Waals surface area contributed by atoms with Gasteiger partial charge in [-0.25, -0.2) is 0 Å². The number of rotatable bonds is 6. The van der Waals surface area contributed by atoms with Gasteiger partial charge in [0.25, 0.3) is 0 Å². The fourth-order valence-corrected chi connectivity index (χ4v) is 1.53. The van der Waals surface area contributed by atoms with E-state index in [1.54, 1.807) is 12.1 Å². The highest BCUT2D eigenvalue weighted by molar-refractivity contribution is 5.55. The smallest absolute Gasteiger partial charge is 0.387 e. The zero-order chi connectivity index (χ0) is 13.7. The molecule has 1 aromatic heterocycles. The molecule has 19 heavy (non-hydrogen) atoms. The van der Waals surface area contributed by atoms with Crippen molar-refractivity contribution in [1.29, 1.82) is 0 Å². The van der Waals surface area contributed by atoms with Crippen LogP contribution >= 0.6 is 0 Å². The minimum Gasteiger partial charge on any atom is -0.435 e. The number of alkyl halides is 2. The van der Waals surface area contributed by atoms with E-state index in [9.17, 15) is 8.78 Å². The lowest BCUT2D eigenvalue weighted by Crippen LogP contribution is -2.01. The number of nitrogens with zero attached hydrogens (tertiary/aromatic N) is 2. The van der Waals surface area contributed by atoms with Crippen LogP contribution in [-0.2, 0) is 6.42 Å². The van der Waals surface area contributed by atoms with E-state index in [1.165, 1.54) is 12.1 Å². The molecule has 0 aliphatic rings. The lowest BCUT2D eigenvalue weighted by atomic mass is 10.2. The summed E-state index contributed by atoms with van der Waals surface area (Å²) in [5.74, 6) is 0.793. The summed E-state index contributed by atoms with van der Waals surface area (Å²) in [4.78, 5) is 0. The Kier molecular flexibility index (Phi) is 4.40. The number of nitrogens with two attached hydrogens (primary N) is 1. The number of hydrogen-bond acceptors (Lipinski definition) is 5. The van der Waals surface area contributed by atoms with Gasteiger partial charge in [0.15, 0.2) is 0 Å². The highest BCUT2D eigenvalue weighted by atomic mass is 19.3. The molecule has 5 nitrogen and oxygen atoms in total. The van der Waals surface area contributed by atoms with Crippen molar-refractivity contribution in [3.8, 4) is 17.2 Å². The molecule has 0 aliphatic carbocycles. The van der Waals surface area contributed by atoms with Gasteiger partial charge in [-0.15, -0.1) is 10.2 Å². The molecular formula is C12H13F2N3O2. The second-order valence-corrected chi connectivity index (χ2v) is 3.80. The van der Waals surface area contributed by atoms with Gasteiger partial charge in [0.2, 0.25) is 11.8 Å². The molecule has 0 amide bonds. The Labute approximate surface area is 108 Å². The average Bonchev–Trinajstić information content (AvgIpc) is 2.84. The quantitative estimate of drug-likeness (QED) is 0.870. The molecule has 7 heteroatoms. The number of halogens is 2. The Bertz CT molecular complexity index is 531. The van der Waals surface area contributed by atoms with Crippen LogP contribution in [0.4, 0.5) is 8.78 Å². The van der Waals surface area contributed by atoms with E-state index in [4.69, 9.17) is 10.2 Å². The summed E-state index contributed by atoms with van der Waals surface area (Å²) in [7, 11) is 0. The van der Waals surface area contributed by atoms with Crippen molar-refractivity contribution >= 4 is 0 Å². The van der Waals surface area contributed by atoms with Crippen molar-refractivity contribution in [3.63, 3.8) is 0 Å². The predicted octanol–water partition coefficient (Wildman–Crippen LogP) is 2.23. The Morgan fingerprint density at radius 2 is 2.16 bits per heavy atom. The lowest BCUT2D eigenvalue weighted by Gasteiger charge is -2.04. The molecule has 0 bridgehead atoms. The Balaban J connectivity index is 2.14. The summed E-state index contributed by atoms with van der Waals surface area (Å²) in [5, 5.41) is 7.72. The maximum absolute atomic E-state index is 12.1. The third kappa shape index (κ3) is 3.72. The molecule has 2 aromatic rings. The third-order valence-corrected chi connectivity index (χ3v) is 2.37. The largest absolute Gasteiger partial charge is 0.435 e. The highest BCUT2D eigenvalue weighted by Gasteiger charge is 2.10. The molecule has 0 atom stereocenters. The third-order valence-electron chi connectivity index (χ3n) is 2.37. The van der Waals surface area contributed by atoms with Gasteiger partial charge >= 0.3 is 6.61 Å². The average molecular weight is 269 g/mol. The molecule has 0 unspecified atom stereocenters. The van der Waals surface area contributed by atoms with Crippen molar-refractivity contribution in [3.05, 3.63) is 30.2 Å². The first kappa shape index (κ1) is 13.4. The van der Waals surface area contributed by atoms with E-state index in [0.29, 0.717) is 24.4 Å². The second kappa shape index (κ2) is 6.24. The predicted molar refractivity (Wildman–Crippen MR) is 63.7 cm³/mol. The van der Waals surface area contributed by atoms with Crippen LogP contribution in [0.25, 0.3) is 11.5 Å². The Morgan fingerprint density at radius 1 is 1.32 bits per heavy atom. The second-order valence-electron chi connectivity index (χ2n) is 3.80. The van der Waals surface area contributed by atoms with Gasteiger partial charge in [0, 0.05) is 12.0 Å². The van der Waals surface area contributed by atoms with E-state index in [0.717, 1.165) is 6.42 Å². The molecule has 1 heterocycles. The minimum atomic E-state index is -2.86. The van der Waals surface area contributed by atoms with E-state index in [1.807, 2.05) is 0 Å². The van der Waals surface area contributed by atoms with Crippen LogP contribution in [0.2, 0.25) is 0 Å². The minimum absolute atomic E-state index is 0.0502. The van der Waals surface area contributed by atoms with Crippen LogP contribution in [0, 0.1) is 0 Å². The first-order valence-corrected chi connectivity index (χ1v) is 5.76. The van der Waals surface area contributed by atoms with E-state index < -0.39 is 6.61 Å².